The second kappa shape index (κ2) is 4.24. The lowest BCUT2D eigenvalue weighted by Gasteiger charge is -2.20. The molecular formula is C17H20O. The van der Waals surface area contributed by atoms with Gasteiger partial charge in [-0.1, -0.05) is 56.7 Å². The van der Waals surface area contributed by atoms with Crippen molar-refractivity contribution in [2.45, 2.75) is 34.6 Å². The zero-order chi connectivity index (χ0) is 13.5. The van der Waals surface area contributed by atoms with Crippen LogP contribution in [0.5, 0.6) is 0 Å². The molecule has 0 aromatic heterocycles. The van der Waals surface area contributed by atoms with Crippen LogP contribution >= 0.6 is 0 Å². The lowest BCUT2D eigenvalue weighted by atomic mass is 9.82. The maximum Gasteiger partial charge on any atom is 0.169 e. The van der Waals surface area contributed by atoms with Gasteiger partial charge in [-0.3, -0.25) is 4.79 Å². The number of ketones is 1. The minimum Gasteiger partial charge on any atom is -0.294 e. The highest BCUT2D eigenvalue weighted by atomic mass is 16.1. The Hall–Kier alpha value is -1.63. The molecule has 1 nitrogen and oxygen atoms in total. The van der Waals surface area contributed by atoms with E-state index in [9.17, 15) is 4.79 Å². The van der Waals surface area contributed by atoms with Crippen LogP contribution in [-0.2, 0) is 0 Å². The summed E-state index contributed by atoms with van der Waals surface area (Å²) < 4.78 is 0. The van der Waals surface area contributed by atoms with E-state index in [-0.39, 0.29) is 11.2 Å². The first kappa shape index (κ1) is 12.8. The van der Waals surface area contributed by atoms with Gasteiger partial charge in [0.2, 0.25) is 0 Å². The number of carbonyl (C=O) groups is 1. The third-order valence-electron chi connectivity index (χ3n) is 3.29. The average Bonchev–Trinajstić information content (AvgIpc) is 2.27. The second-order valence-corrected chi connectivity index (χ2v) is 6.06. The summed E-state index contributed by atoms with van der Waals surface area (Å²) in [6.07, 6.45) is 0. The molecule has 0 amide bonds. The number of hydrogen-bond donors (Lipinski definition) is 0. The third kappa shape index (κ3) is 2.17. The number of rotatable bonds is 1. The Morgan fingerprint density at radius 2 is 1.67 bits per heavy atom. The number of fused-ring (bicyclic) bond motifs is 1. The van der Waals surface area contributed by atoms with Crippen molar-refractivity contribution in [1.29, 1.82) is 0 Å². The van der Waals surface area contributed by atoms with E-state index in [2.05, 4.69) is 31.2 Å². The highest BCUT2D eigenvalue weighted by Crippen LogP contribution is 2.29. The van der Waals surface area contributed by atoms with Crippen molar-refractivity contribution in [2.75, 3.05) is 0 Å². The lowest BCUT2D eigenvalue weighted by molar-refractivity contribution is 0.0859. The minimum atomic E-state index is -0.343. The van der Waals surface area contributed by atoms with E-state index in [0.29, 0.717) is 0 Å². The number of hydrogen-bond acceptors (Lipinski definition) is 1. The van der Waals surface area contributed by atoms with Crippen LogP contribution in [0.15, 0.2) is 30.3 Å². The molecule has 0 bridgehead atoms. The van der Waals surface area contributed by atoms with Crippen LogP contribution in [0.25, 0.3) is 10.8 Å². The predicted molar refractivity (Wildman–Crippen MR) is 77.2 cm³/mol. The van der Waals surface area contributed by atoms with Crippen molar-refractivity contribution >= 4 is 16.6 Å². The molecule has 0 fully saturated rings. The van der Waals surface area contributed by atoms with E-state index in [4.69, 9.17) is 0 Å². The first-order valence-corrected chi connectivity index (χ1v) is 6.35. The van der Waals surface area contributed by atoms with Gasteiger partial charge in [0.1, 0.15) is 0 Å². The number of aryl methyl sites for hydroxylation is 2. The molecule has 0 atom stereocenters. The summed E-state index contributed by atoms with van der Waals surface area (Å²) in [7, 11) is 0. The zero-order valence-corrected chi connectivity index (χ0v) is 11.8. The van der Waals surface area contributed by atoms with Gasteiger partial charge >= 0.3 is 0 Å². The topological polar surface area (TPSA) is 17.1 Å². The molecule has 0 saturated carbocycles. The summed E-state index contributed by atoms with van der Waals surface area (Å²) in [5.41, 5.74) is 2.82. The summed E-state index contributed by atoms with van der Waals surface area (Å²) in [6.45, 7) is 10.0. The van der Waals surface area contributed by atoms with Gasteiger partial charge in [0.15, 0.2) is 5.78 Å². The molecule has 94 valence electrons. The van der Waals surface area contributed by atoms with Crippen LogP contribution in [0.1, 0.15) is 42.3 Å². The fourth-order valence-electron chi connectivity index (χ4n) is 2.23. The molecule has 18 heavy (non-hydrogen) atoms. The van der Waals surface area contributed by atoms with E-state index in [1.165, 1.54) is 5.56 Å². The molecule has 0 saturated heterocycles. The molecule has 2 aromatic rings. The van der Waals surface area contributed by atoms with Crippen LogP contribution in [-0.4, -0.2) is 5.78 Å². The summed E-state index contributed by atoms with van der Waals surface area (Å²) >= 11 is 0. The molecule has 0 aliphatic rings. The molecule has 0 aliphatic carbocycles. The van der Waals surface area contributed by atoms with E-state index < -0.39 is 0 Å². The van der Waals surface area contributed by atoms with Crippen molar-refractivity contribution in [1.82, 2.24) is 0 Å². The number of benzene rings is 2. The molecule has 0 radical (unpaired) electrons. The second-order valence-electron chi connectivity index (χ2n) is 6.06. The fraction of sp³-hybridized carbons (Fsp3) is 0.353. The van der Waals surface area contributed by atoms with Crippen LogP contribution < -0.4 is 0 Å². The lowest BCUT2D eigenvalue weighted by Crippen LogP contribution is -2.21. The van der Waals surface area contributed by atoms with Gasteiger partial charge < -0.3 is 0 Å². The Bertz CT molecular complexity index is 615. The van der Waals surface area contributed by atoms with Crippen molar-refractivity contribution in [3.63, 3.8) is 0 Å². The first-order chi connectivity index (χ1) is 8.30. The van der Waals surface area contributed by atoms with Crippen molar-refractivity contribution in [3.8, 4) is 0 Å². The molecule has 0 spiro atoms. The Labute approximate surface area is 109 Å². The van der Waals surface area contributed by atoms with E-state index >= 15 is 0 Å². The van der Waals surface area contributed by atoms with Gasteiger partial charge in [-0.15, -0.1) is 0 Å². The normalized spacial score (nSPS) is 11.8. The van der Waals surface area contributed by atoms with Gasteiger partial charge in [0.05, 0.1) is 0 Å². The van der Waals surface area contributed by atoms with Crippen molar-refractivity contribution in [2.24, 2.45) is 5.41 Å². The number of Topliss-reactive ketones (excluding diaryl/α,β-unsaturated/α-hetero) is 1. The summed E-state index contributed by atoms with van der Waals surface area (Å²) in [5, 5.41) is 2.22. The van der Waals surface area contributed by atoms with Gasteiger partial charge in [-0.05, 0) is 30.2 Å². The quantitative estimate of drug-likeness (QED) is 0.661. The van der Waals surface area contributed by atoms with Gasteiger partial charge in [-0.25, -0.2) is 0 Å². The maximum atomic E-state index is 12.6. The van der Waals surface area contributed by atoms with Crippen LogP contribution in [0, 0.1) is 19.3 Å². The molecule has 1 heteroatoms. The van der Waals surface area contributed by atoms with Crippen LogP contribution in [0.4, 0.5) is 0 Å². The SMILES string of the molecule is Cc1ccc2c(C(=O)C(C)(C)C)c(C)ccc2c1. The standard InChI is InChI=1S/C17H20O/c1-11-6-9-14-13(10-11)8-7-12(2)15(14)16(18)17(3,4)5/h6-10H,1-5H3. The minimum absolute atomic E-state index is 0.217. The van der Waals surface area contributed by atoms with Gasteiger partial charge in [-0.2, -0.15) is 0 Å². The average molecular weight is 240 g/mol. The summed E-state index contributed by atoms with van der Waals surface area (Å²) in [5.74, 6) is 0.217. The monoisotopic (exact) mass is 240 g/mol. The molecule has 0 unspecified atom stereocenters. The largest absolute Gasteiger partial charge is 0.294 e. The molecule has 2 aromatic carbocycles. The van der Waals surface area contributed by atoms with E-state index in [0.717, 1.165) is 21.9 Å². The maximum absolute atomic E-state index is 12.6. The van der Waals surface area contributed by atoms with Crippen molar-refractivity contribution < 1.29 is 4.79 Å². The highest BCUT2D eigenvalue weighted by molar-refractivity contribution is 6.11. The van der Waals surface area contributed by atoms with Crippen LogP contribution in [0.3, 0.4) is 0 Å². The number of carbonyl (C=O) groups excluding carboxylic acids is 1. The fourth-order valence-corrected chi connectivity index (χ4v) is 2.23. The van der Waals surface area contributed by atoms with E-state index in [1.54, 1.807) is 0 Å². The molecule has 2 rings (SSSR count). The summed E-state index contributed by atoms with van der Waals surface area (Å²) in [4.78, 5) is 12.6. The smallest absolute Gasteiger partial charge is 0.169 e. The summed E-state index contributed by atoms with van der Waals surface area (Å²) in [6, 6.07) is 10.4. The molecule has 0 N–H and O–H groups in total. The van der Waals surface area contributed by atoms with Crippen molar-refractivity contribution in [3.05, 3.63) is 47.0 Å². The Kier molecular flexibility index (Phi) is 3.02. The Balaban J connectivity index is 2.77. The van der Waals surface area contributed by atoms with Gasteiger partial charge in [0, 0.05) is 11.0 Å². The predicted octanol–water partition coefficient (Wildman–Crippen LogP) is 4.69. The van der Waals surface area contributed by atoms with E-state index in [1.807, 2.05) is 33.8 Å². The first-order valence-electron chi connectivity index (χ1n) is 6.35. The zero-order valence-electron chi connectivity index (χ0n) is 11.8. The Morgan fingerprint density at radius 3 is 2.28 bits per heavy atom. The third-order valence-corrected chi connectivity index (χ3v) is 3.29. The molecular weight excluding hydrogens is 220 g/mol. The molecule has 0 heterocycles. The van der Waals surface area contributed by atoms with Gasteiger partial charge in [0.25, 0.3) is 0 Å². The molecule has 0 aliphatic heterocycles. The highest BCUT2D eigenvalue weighted by Gasteiger charge is 2.25. The Morgan fingerprint density at radius 1 is 1.00 bits per heavy atom. The van der Waals surface area contributed by atoms with Crippen LogP contribution in [0.2, 0.25) is 0 Å².